The molecule has 1 atom stereocenters. The molecule has 4 heteroatoms. The number of carbonyl (C=O) groups excluding carboxylic acids is 1. The Labute approximate surface area is 125 Å². The van der Waals surface area contributed by atoms with E-state index in [1.54, 1.807) is 6.07 Å². The maximum Gasteiger partial charge on any atom is 0.239 e. The standard InChI is InChI=1S/C17H23FN2O/c18-15-5-2-1-4-14(15)12-13-7-10-20(11-8-13)17(21)16-6-3-9-19-16/h1-2,4-5,13,16,19H,3,6-12H2. The Kier molecular flexibility index (Phi) is 4.54. The lowest BCUT2D eigenvalue weighted by Gasteiger charge is -2.33. The highest BCUT2D eigenvalue weighted by atomic mass is 19.1. The maximum atomic E-state index is 13.7. The summed E-state index contributed by atoms with van der Waals surface area (Å²) < 4.78 is 13.7. The first-order valence-electron chi connectivity index (χ1n) is 7.99. The van der Waals surface area contributed by atoms with E-state index in [0.29, 0.717) is 5.92 Å². The summed E-state index contributed by atoms with van der Waals surface area (Å²) in [5, 5.41) is 3.27. The van der Waals surface area contributed by atoms with E-state index in [9.17, 15) is 9.18 Å². The number of hydrogen-bond acceptors (Lipinski definition) is 2. The lowest BCUT2D eigenvalue weighted by molar-refractivity contribution is -0.134. The van der Waals surface area contributed by atoms with E-state index in [1.165, 1.54) is 6.07 Å². The van der Waals surface area contributed by atoms with Gasteiger partial charge in [-0.15, -0.1) is 0 Å². The van der Waals surface area contributed by atoms with E-state index in [2.05, 4.69) is 5.32 Å². The molecular weight excluding hydrogens is 267 g/mol. The zero-order valence-electron chi connectivity index (χ0n) is 12.4. The van der Waals surface area contributed by atoms with Crippen LogP contribution in [0.5, 0.6) is 0 Å². The van der Waals surface area contributed by atoms with Crippen LogP contribution < -0.4 is 5.32 Å². The van der Waals surface area contributed by atoms with Crippen LogP contribution in [0, 0.1) is 11.7 Å². The van der Waals surface area contributed by atoms with Crippen molar-refractivity contribution in [3.63, 3.8) is 0 Å². The van der Waals surface area contributed by atoms with Gasteiger partial charge in [-0.25, -0.2) is 4.39 Å². The fourth-order valence-electron chi connectivity index (χ4n) is 3.45. The van der Waals surface area contributed by atoms with E-state index < -0.39 is 0 Å². The number of piperidine rings is 1. The fourth-order valence-corrected chi connectivity index (χ4v) is 3.45. The van der Waals surface area contributed by atoms with Gasteiger partial charge in [-0.3, -0.25) is 4.79 Å². The van der Waals surface area contributed by atoms with Gasteiger partial charge in [0.2, 0.25) is 5.91 Å². The van der Waals surface area contributed by atoms with Crippen molar-refractivity contribution in [3.8, 4) is 0 Å². The molecule has 0 radical (unpaired) electrons. The van der Waals surface area contributed by atoms with Crippen molar-refractivity contribution in [1.82, 2.24) is 10.2 Å². The number of halogens is 1. The predicted molar refractivity (Wildman–Crippen MR) is 80.4 cm³/mol. The SMILES string of the molecule is O=C(C1CCCN1)N1CCC(Cc2ccccc2F)CC1. The maximum absolute atomic E-state index is 13.7. The number of hydrogen-bond donors (Lipinski definition) is 1. The highest BCUT2D eigenvalue weighted by Crippen LogP contribution is 2.24. The van der Waals surface area contributed by atoms with Crippen molar-refractivity contribution >= 4 is 5.91 Å². The third-order valence-electron chi connectivity index (χ3n) is 4.75. The molecule has 1 aromatic rings. The molecule has 1 aromatic carbocycles. The average Bonchev–Trinajstić information content (AvgIpc) is 3.04. The molecular formula is C17H23FN2O. The smallest absolute Gasteiger partial charge is 0.239 e. The molecule has 2 aliphatic rings. The molecule has 0 saturated carbocycles. The molecule has 21 heavy (non-hydrogen) atoms. The van der Waals surface area contributed by atoms with Gasteiger partial charge in [0.15, 0.2) is 0 Å². The summed E-state index contributed by atoms with van der Waals surface area (Å²) in [6, 6.07) is 7.06. The van der Waals surface area contributed by atoms with Crippen molar-refractivity contribution in [2.45, 2.75) is 38.1 Å². The van der Waals surface area contributed by atoms with Gasteiger partial charge in [0.25, 0.3) is 0 Å². The van der Waals surface area contributed by atoms with Gasteiger partial charge in [-0.1, -0.05) is 18.2 Å². The van der Waals surface area contributed by atoms with Crippen LogP contribution >= 0.6 is 0 Å². The lowest BCUT2D eigenvalue weighted by Crippen LogP contribution is -2.47. The number of carbonyl (C=O) groups is 1. The average molecular weight is 290 g/mol. The highest BCUT2D eigenvalue weighted by Gasteiger charge is 2.29. The minimum absolute atomic E-state index is 0.0353. The Morgan fingerprint density at radius 1 is 1.24 bits per heavy atom. The van der Waals surface area contributed by atoms with Gasteiger partial charge >= 0.3 is 0 Å². The molecule has 2 aliphatic heterocycles. The van der Waals surface area contributed by atoms with Crippen LogP contribution in [0.4, 0.5) is 4.39 Å². The molecule has 1 unspecified atom stereocenters. The molecule has 1 N–H and O–H groups in total. The van der Waals surface area contributed by atoms with Gasteiger partial charge in [-0.2, -0.15) is 0 Å². The monoisotopic (exact) mass is 290 g/mol. The van der Waals surface area contributed by atoms with E-state index in [4.69, 9.17) is 0 Å². The normalized spacial score (nSPS) is 23.5. The molecule has 0 bridgehead atoms. The van der Waals surface area contributed by atoms with E-state index in [0.717, 1.165) is 57.3 Å². The summed E-state index contributed by atoms with van der Waals surface area (Å²) in [6.45, 7) is 2.59. The van der Waals surface area contributed by atoms with Crippen LogP contribution in [-0.4, -0.2) is 36.5 Å². The Morgan fingerprint density at radius 3 is 2.67 bits per heavy atom. The number of rotatable bonds is 3. The number of nitrogens with zero attached hydrogens (tertiary/aromatic N) is 1. The zero-order valence-corrected chi connectivity index (χ0v) is 12.4. The zero-order chi connectivity index (χ0) is 14.7. The van der Waals surface area contributed by atoms with Crippen molar-refractivity contribution in [2.75, 3.05) is 19.6 Å². The van der Waals surface area contributed by atoms with Crippen molar-refractivity contribution < 1.29 is 9.18 Å². The van der Waals surface area contributed by atoms with Crippen LogP contribution in [0.25, 0.3) is 0 Å². The Hall–Kier alpha value is -1.42. The molecule has 3 rings (SSSR count). The lowest BCUT2D eigenvalue weighted by atomic mass is 9.89. The largest absolute Gasteiger partial charge is 0.341 e. The summed E-state index contributed by atoms with van der Waals surface area (Å²) in [5.74, 6) is 0.644. The van der Waals surface area contributed by atoms with Crippen LogP contribution in [-0.2, 0) is 11.2 Å². The molecule has 2 saturated heterocycles. The predicted octanol–water partition coefficient (Wildman–Crippen LogP) is 2.36. The summed E-state index contributed by atoms with van der Waals surface area (Å²) in [7, 11) is 0. The highest BCUT2D eigenvalue weighted by molar-refractivity contribution is 5.82. The van der Waals surface area contributed by atoms with Crippen molar-refractivity contribution in [1.29, 1.82) is 0 Å². The quantitative estimate of drug-likeness (QED) is 0.927. The number of likely N-dealkylation sites (tertiary alicyclic amines) is 1. The van der Waals surface area contributed by atoms with Crippen LogP contribution in [0.1, 0.15) is 31.2 Å². The molecule has 0 aliphatic carbocycles. The Balaban J connectivity index is 1.51. The van der Waals surface area contributed by atoms with Crippen LogP contribution in [0.2, 0.25) is 0 Å². The van der Waals surface area contributed by atoms with E-state index in [-0.39, 0.29) is 17.8 Å². The number of amides is 1. The van der Waals surface area contributed by atoms with Gasteiger partial charge in [0.1, 0.15) is 5.82 Å². The van der Waals surface area contributed by atoms with Crippen molar-refractivity contribution in [2.24, 2.45) is 5.92 Å². The minimum atomic E-state index is -0.105. The first kappa shape index (κ1) is 14.5. The third kappa shape index (κ3) is 3.43. The summed E-state index contributed by atoms with van der Waals surface area (Å²) >= 11 is 0. The molecule has 2 heterocycles. The second-order valence-electron chi connectivity index (χ2n) is 6.21. The summed E-state index contributed by atoms with van der Waals surface area (Å²) in [4.78, 5) is 14.3. The second-order valence-corrected chi connectivity index (χ2v) is 6.21. The first-order chi connectivity index (χ1) is 10.2. The Morgan fingerprint density at radius 2 is 2.00 bits per heavy atom. The van der Waals surface area contributed by atoms with Gasteiger partial charge in [-0.05, 0) is 56.2 Å². The van der Waals surface area contributed by atoms with Gasteiger partial charge in [0.05, 0.1) is 6.04 Å². The molecule has 0 aromatic heterocycles. The number of nitrogens with one attached hydrogen (secondary N) is 1. The van der Waals surface area contributed by atoms with Crippen LogP contribution in [0.3, 0.4) is 0 Å². The molecule has 114 valence electrons. The van der Waals surface area contributed by atoms with Gasteiger partial charge < -0.3 is 10.2 Å². The van der Waals surface area contributed by atoms with Crippen LogP contribution in [0.15, 0.2) is 24.3 Å². The second kappa shape index (κ2) is 6.56. The molecule has 3 nitrogen and oxygen atoms in total. The first-order valence-corrected chi connectivity index (χ1v) is 7.99. The minimum Gasteiger partial charge on any atom is -0.341 e. The molecule has 0 spiro atoms. The summed E-state index contributed by atoms with van der Waals surface area (Å²) in [6.07, 6.45) is 4.81. The number of benzene rings is 1. The van der Waals surface area contributed by atoms with Crippen molar-refractivity contribution in [3.05, 3.63) is 35.6 Å². The molecule has 1 amide bonds. The topological polar surface area (TPSA) is 32.3 Å². The molecule has 2 fully saturated rings. The third-order valence-corrected chi connectivity index (χ3v) is 4.75. The Bertz CT molecular complexity index is 491. The summed E-state index contributed by atoms with van der Waals surface area (Å²) in [5.41, 5.74) is 0.805. The van der Waals surface area contributed by atoms with E-state index >= 15 is 0 Å². The van der Waals surface area contributed by atoms with Gasteiger partial charge in [0, 0.05) is 13.1 Å². The van der Waals surface area contributed by atoms with E-state index in [1.807, 2.05) is 17.0 Å². The fraction of sp³-hybridized carbons (Fsp3) is 0.588.